The zero-order valence-corrected chi connectivity index (χ0v) is 16.8. The third-order valence-electron chi connectivity index (χ3n) is 5.35. The maximum absolute atomic E-state index is 12.2. The van der Waals surface area contributed by atoms with Gasteiger partial charge in [-0.05, 0) is 34.5 Å². The third kappa shape index (κ3) is 3.81. The molecule has 0 saturated carbocycles. The molecule has 5 nitrogen and oxygen atoms in total. The normalized spacial score (nSPS) is 11.4. The molecule has 0 bridgehead atoms. The van der Waals surface area contributed by atoms with Gasteiger partial charge in [0, 0.05) is 47.2 Å². The molecule has 31 heavy (non-hydrogen) atoms. The first kappa shape index (κ1) is 18.8. The lowest BCUT2D eigenvalue weighted by atomic mass is 10.0. The van der Waals surface area contributed by atoms with Crippen LogP contribution < -0.4 is 5.43 Å². The summed E-state index contributed by atoms with van der Waals surface area (Å²) in [6, 6.07) is 26.4. The second kappa shape index (κ2) is 8.24. The van der Waals surface area contributed by atoms with Crippen molar-refractivity contribution in [3.63, 3.8) is 0 Å². The first-order valence-electron chi connectivity index (χ1n) is 10.1. The summed E-state index contributed by atoms with van der Waals surface area (Å²) in [7, 11) is 0. The van der Waals surface area contributed by atoms with Crippen molar-refractivity contribution in [2.75, 3.05) is 0 Å². The van der Waals surface area contributed by atoms with Crippen LogP contribution in [0.5, 0.6) is 0 Å². The van der Waals surface area contributed by atoms with E-state index in [4.69, 9.17) is 0 Å². The van der Waals surface area contributed by atoms with Gasteiger partial charge in [-0.1, -0.05) is 60.7 Å². The lowest BCUT2D eigenvalue weighted by Crippen LogP contribution is -2.17. The Morgan fingerprint density at radius 2 is 1.65 bits per heavy atom. The van der Waals surface area contributed by atoms with Gasteiger partial charge in [0.15, 0.2) is 0 Å². The number of rotatable bonds is 5. The Bertz CT molecular complexity index is 1400. The number of pyridine rings is 1. The highest BCUT2D eigenvalue weighted by Gasteiger charge is 2.09. The van der Waals surface area contributed by atoms with Crippen LogP contribution in [0.2, 0.25) is 0 Å². The van der Waals surface area contributed by atoms with E-state index in [2.05, 4.69) is 80.9 Å². The number of benzene rings is 3. The fraction of sp³-hybridized carbons (Fsp3) is 0.0385. The Kier molecular flexibility index (Phi) is 4.99. The summed E-state index contributed by atoms with van der Waals surface area (Å²) in [6.07, 6.45) is 6.94. The van der Waals surface area contributed by atoms with Gasteiger partial charge in [0.25, 0.3) is 5.91 Å². The number of carbonyl (C=O) groups excluding carboxylic acids is 1. The van der Waals surface area contributed by atoms with Gasteiger partial charge in [-0.15, -0.1) is 0 Å². The van der Waals surface area contributed by atoms with E-state index in [1.807, 2.05) is 12.1 Å². The highest BCUT2D eigenvalue weighted by molar-refractivity contribution is 6.00. The van der Waals surface area contributed by atoms with Crippen LogP contribution in [-0.2, 0) is 6.54 Å². The molecule has 0 spiro atoms. The van der Waals surface area contributed by atoms with Gasteiger partial charge in [0.2, 0.25) is 0 Å². The Morgan fingerprint density at radius 1 is 0.903 bits per heavy atom. The first-order chi connectivity index (χ1) is 15.3. The van der Waals surface area contributed by atoms with E-state index in [-0.39, 0.29) is 5.91 Å². The number of carbonyl (C=O) groups is 1. The summed E-state index contributed by atoms with van der Waals surface area (Å²) in [5.41, 5.74) is 6.44. The molecule has 0 aliphatic rings. The average Bonchev–Trinajstić information content (AvgIpc) is 3.17. The number of nitrogens with one attached hydrogen (secondary N) is 1. The zero-order valence-electron chi connectivity index (χ0n) is 16.8. The molecular formula is C26H20N4O. The van der Waals surface area contributed by atoms with Gasteiger partial charge in [-0.25, -0.2) is 5.43 Å². The van der Waals surface area contributed by atoms with Crippen molar-refractivity contribution < 1.29 is 4.79 Å². The highest BCUT2D eigenvalue weighted by Crippen LogP contribution is 2.24. The van der Waals surface area contributed by atoms with Crippen molar-refractivity contribution in [1.82, 2.24) is 15.0 Å². The Hall–Kier alpha value is -4.25. The molecule has 0 fully saturated rings. The minimum Gasteiger partial charge on any atom is -0.342 e. The Labute approximate surface area is 179 Å². The molecule has 0 unspecified atom stereocenters. The minimum absolute atomic E-state index is 0.266. The molecule has 0 atom stereocenters. The van der Waals surface area contributed by atoms with Crippen LogP contribution in [0.25, 0.3) is 21.7 Å². The predicted molar refractivity (Wildman–Crippen MR) is 124 cm³/mol. The monoisotopic (exact) mass is 404 g/mol. The molecule has 150 valence electrons. The van der Waals surface area contributed by atoms with E-state index in [0.29, 0.717) is 5.56 Å². The fourth-order valence-electron chi connectivity index (χ4n) is 3.85. The van der Waals surface area contributed by atoms with Crippen molar-refractivity contribution in [3.8, 4) is 0 Å². The maximum atomic E-state index is 12.2. The number of nitrogens with zero attached hydrogens (tertiary/aromatic N) is 3. The number of hydrogen-bond donors (Lipinski definition) is 1. The van der Waals surface area contributed by atoms with E-state index in [1.165, 1.54) is 16.3 Å². The molecule has 0 aliphatic heterocycles. The topological polar surface area (TPSA) is 59.3 Å². The number of hydrogen-bond acceptors (Lipinski definition) is 3. The van der Waals surface area contributed by atoms with Crippen LogP contribution in [-0.4, -0.2) is 21.7 Å². The molecule has 3 aromatic carbocycles. The van der Waals surface area contributed by atoms with Gasteiger partial charge >= 0.3 is 0 Å². The minimum atomic E-state index is -0.266. The summed E-state index contributed by atoms with van der Waals surface area (Å²) in [6.45, 7) is 0.749. The van der Waals surface area contributed by atoms with E-state index in [1.54, 1.807) is 30.7 Å². The SMILES string of the molecule is O=C(N/N=C/c1cn(Cc2cccc3ccccc23)c2ccccc12)c1ccncc1. The summed E-state index contributed by atoms with van der Waals surface area (Å²) < 4.78 is 2.23. The van der Waals surface area contributed by atoms with E-state index >= 15 is 0 Å². The number of fused-ring (bicyclic) bond motifs is 2. The molecule has 1 N–H and O–H groups in total. The molecule has 1 amide bonds. The van der Waals surface area contributed by atoms with Crippen LogP contribution in [0, 0.1) is 0 Å². The zero-order chi connectivity index (χ0) is 21.0. The summed E-state index contributed by atoms with van der Waals surface area (Å²) in [5.74, 6) is -0.266. The molecule has 2 heterocycles. The van der Waals surface area contributed by atoms with Crippen molar-refractivity contribution in [3.05, 3.63) is 114 Å². The summed E-state index contributed by atoms with van der Waals surface area (Å²) in [5, 5.41) is 7.75. The number of hydrazone groups is 1. The van der Waals surface area contributed by atoms with Crippen molar-refractivity contribution >= 4 is 33.8 Å². The van der Waals surface area contributed by atoms with Crippen LogP contribution in [0.1, 0.15) is 21.5 Å². The second-order valence-electron chi connectivity index (χ2n) is 7.30. The number of aromatic nitrogens is 2. The molecule has 5 aromatic rings. The Balaban J connectivity index is 1.45. The molecule has 0 radical (unpaired) electrons. The van der Waals surface area contributed by atoms with E-state index < -0.39 is 0 Å². The number of amides is 1. The smallest absolute Gasteiger partial charge is 0.271 e. The molecular weight excluding hydrogens is 384 g/mol. The Morgan fingerprint density at radius 3 is 2.52 bits per heavy atom. The van der Waals surface area contributed by atoms with E-state index in [0.717, 1.165) is 23.0 Å². The van der Waals surface area contributed by atoms with Crippen molar-refractivity contribution in [2.45, 2.75) is 6.54 Å². The average molecular weight is 404 g/mol. The van der Waals surface area contributed by atoms with Gasteiger partial charge in [-0.3, -0.25) is 9.78 Å². The highest BCUT2D eigenvalue weighted by atomic mass is 16.2. The van der Waals surface area contributed by atoms with Gasteiger partial charge in [-0.2, -0.15) is 5.10 Å². The first-order valence-corrected chi connectivity index (χ1v) is 10.1. The standard InChI is InChI=1S/C26H20N4O/c31-26(20-12-14-27-15-13-20)29-28-16-22-18-30(25-11-4-3-10-24(22)25)17-21-8-5-7-19-6-1-2-9-23(19)21/h1-16,18H,17H2,(H,29,31)/b28-16+. The fourth-order valence-corrected chi connectivity index (χ4v) is 3.85. The van der Waals surface area contributed by atoms with E-state index in [9.17, 15) is 4.79 Å². The third-order valence-corrected chi connectivity index (χ3v) is 5.35. The van der Waals surface area contributed by atoms with Crippen LogP contribution in [0.15, 0.2) is 103 Å². The maximum Gasteiger partial charge on any atom is 0.271 e. The van der Waals surface area contributed by atoms with Crippen molar-refractivity contribution in [1.29, 1.82) is 0 Å². The molecule has 5 rings (SSSR count). The quantitative estimate of drug-likeness (QED) is 0.331. The molecule has 0 saturated heterocycles. The largest absolute Gasteiger partial charge is 0.342 e. The molecule has 5 heteroatoms. The number of para-hydroxylation sites is 1. The molecule has 0 aliphatic carbocycles. The van der Waals surface area contributed by atoms with Gasteiger partial charge in [0.05, 0.1) is 6.21 Å². The van der Waals surface area contributed by atoms with Crippen LogP contribution in [0.4, 0.5) is 0 Å². The lowest BCUT2D eigenvalue weighted by molar-refractivity contribution is 0.0955. The lowest BCUT2D eigenvalue weighted by Gasteiger charge is -2.09. The summed E-state index contributed by atoms with van der Waals surface area (Å²) >= 11 is 0. The summed E-state index contributed by atoms with van der Waals surface area (Å²) in [4.78, 5) is 16.1. The second-order valence-corrected chi connectivity index (χ2v) is 7.30. The van der Waals surface area contributed by atoms with Gasteiger partial charge in [0.1, 0.15) is 0 Å². The predicted octanol–water partition coefficient (Wildman–Crippen LogP) is 5.00. The molecule has 2 aromatic heterocycles. The van der Waals surface area contributed by atoms with Crippen LogP contribution in [0.3, 0.4) is 0 Å². The van der Waals surface area contributed by atoms with Crippen molar-refractivity contribution in [2.24, 2.45) is 5.10 Å². The van der Waals surface area contributed by atoms with Crippen LogP contribution >= 0.6 is 0 Å². The van der Waals surface area contributed by atoms with Gasteiger partial charge < -0.3 is 4.57 Å².